The molecule has 8 nitrogen and oxygen atoms in total. The third-order valence-corrected chi connectivity index (χ3v) is 3.99. The second kappa shape index (κ2) is 7.95. The zero-order valence-electron chi connectivity index (χ0n) is 11.4. The summed E-state index contributed by atoms with van der Waals surface area (Å²) >= 11 is 1.39. The number of carboxylic acids is 1. The van der Waals surface area contributed by atoms with Crippen LogP contribution in [0.2, 0.25) is 0 Å². The van der Waals surface area contributed by atoms with E-state index in [4.69, 9.17) is 9.84 Å². The molecule has 0 aromatic rings. The van der Waals surface area contributed by atoms with E-state index in [1.165, 1.54) is 23.8 Å². The van der Waals surface area contributed by atoms with Crippen LogP contribution in [0, 0.1) is 0 Å². The van der Waals surface area contributed by atoms with Crippen LogP contribution < -0.4 is 10.6 Å². The molecule has 0 bridgehead atoms. The zero-order chi connectivity index (χ0) is 15.1. The van der Waals surface area contributed by atoms with E-state index in [0.29, 0.717) is 18.9 Å². The molecule has 9 heteroatoms. The smallest absolute Gasteiger partial charge is 0.327 e. The first-order chi connectivity index (χ1) is 9.47. The quantitative estimate of drug-likeness (QED) is 0.560. The zero-order valence-corrected chi connectivity index (χ0v) is 12.2. The Morgan fingerprint density at radius 2 is 2.10 bits per heavy atom. The van der Waals surface area contributed by atoms with Crippen LogP contribution in [-0.4, -0.2) is 71.9 Å². The minimum atomic E-state index is -1.04. The summed E-state index contributed by atoms with van der Waals surface area (Å²) in [7, 11) is 1.52. The predicted octanol–water partition coefficient (Wildman–Crippen LogP) is -0.693. The molecule has 1 fully saturated rings. The van der Waals surface area contributed by atoms with Crippen LogP contribution in [0.25, 0.3) is 0 Å². The molecule has 114 valence electrons. The van der Waals surface area contributed by atoms with E-state index < -0.39 is 18.0 Å². The van der Waals surface area contributed by atoms with Crippen molar-refractivity contribution in [3.63, 3.8) is 0 Å². The highest BCUT2D eigenvalue weighted by atomic mass is 32.2. The van der Waals surface area contributed by atoms with Crippen LogP contribution >= 0.6 is 11.8 Å². The molecule has 3 N–H and O–H groups in total. The molecule has 0 saturated carbocycles. The molecule has 1 heterocycles. The maximum absolute atomic E-state index is 11.9. The number of nitrogens with one attached hydrogen (secondary N) is 2. The van der Waals surface area contributed by atoms with Gasteiger partial charge < -0.3 is 20.5 Å². The van der Waals surface area contributed by atoms with Gasteiger partial charge in [0.15, 0.2) is 0 Å². The van der Waals surface area contributed by atoms with Gasteiger partial charge in [0, 0.05) is 19.4 Å². The minimum Gasteiger partial charge on any atom is -0.480 e. The number of hydrogen-bond acceptors (Lipinski definition) is 5. The van der Waals surface area contributed by atoms with Crippen molar-refractivity contribution in [2.45, 2.75) is 18.3 Å². The lowest BCUT2D eigenvalue weighted by molar-refractivity contribution is -0.141. The van der Waals surface area contributed by atoms with Crippen LogP contribution in [0.3, 0.4) is 0 Å². The number of rotatable bonds is 6. The number of ether oxygens (including phenoxy) is 1. The SMILES string of the molecule is COCCNC(=O)CNC(=O)N1C(C)SCC1C(=O)O. The number of hydrogen-bond donors (Lipinski definition) is 3. The van der Waals surface area contributed by atoms with E-state index in [1.54, 1.807) is 6.92 Å². The molecule has 20 heavy (non-hydrogen) atoms. The summed E-state index contributed by atoms with van der Waals surface area (Å²) in [5, 5.41) is 13.8. The topological polar surface area (TPSA) is 108 Å². The Labute approximate surface area is 121 Å². The van der Waals surface area contributed by atoms with Gasteiger partial charge in [-0.25, -0.2) is 9.59 Å². The molecule has 1 aliphatic heterocycles. The number of carboxylic acid groups (broad SMARTS) is 1. The molecule has 1 aliphatic rings. The fourth-order valence-electron chi connectivity index (χ4n) is 1.74. The minimum absolute atomic E-state index is 0.192. The average Bonchev–Trinajstić information content (AvgIpc) is 2.78. The predicted molar refractivity (Wildman–Crippen MR) is 73.5 cm³/mol. The molecule has 2 atom stereocenters. The summed E-state index contributed by atoms with van der Waals surface area (Å²) in [5.41, 5.74) is 0. The highest BCUT2D eigenvalue weighted by Crippen LogP contribution is 2.28. The third-order valence-electron chi connectivity index (χ3n) is 2.77. The molecule has 0 aromatic carbocycles. The number of methoxy groups -OCH3 is 1. The Morgan fingerprint density at radius 1 is 1.40 bits per heavy atom. The summed E-state index contributed by atoms with van der Waals surface area (Å²) < 4.78 is 4.78. The molecule has 2 unspecified atom stereocenters. The van der Waals surface area contributed by atoms with Gasteiger partial charge in [0.25, 0.3) is 0 Å². The Kier molecular flexibility index (Phi) is 6.59. The van der Waals surface area contributed by atoms with E-state index in [9.17, 15) is 14.4 Å². The fraction of sp³-hybridized carbons (Fsp3) is 0.727. The highest BCUT2D eigenvalue weighted by molar-refractivity contribution is 8.00. The summed E-state index contributed by atoms with van der Waals surface area (Å²) in [6, 6.07) is -1.40. The summed E-state index contributed by atoms with van der Waals surface area (Å²) in [5.74, 6) is -1.03. The van der Waals surface area contributed by atoms with Crippen LogP contribution in [0.15, 0.2) is 0 Å². The van der Waals surface area contributed by atoms with Gasteiger partial charge in [-0.05, 0) is 6.92 Å². The van der Waals surface area contributed by atoms with Gasteiger partial charge in [0.05, 0.1) is 18.5 Å². The monoisotopic (exact) mass is 305 g/mol. The second-order valence-electron chi connectivity index (χ2n) is 4.20. The van der Waals surface area contributed by atoms with E-state index in [1.807, 2.05) is 0 Å². The Hall–Kier alpha value is -1.48. The largest absolute Gasteiger partial charge is 0.480 e. The van der Waals surface area contributed by atoms with E-state index in [-0.39, 0.29) is 17.8 Å². The number of carbonyl (C=O) groups excluding carboxylic acids is 2. The normalized spacial score (nSPS) is 21.6. The number of thioether (sulfide) groups is 1. The van der Waals surface area contributed by atoms with Crippen molar-refractivity contribution in [3.05, 3.63) is 0 Å². The highest BCUT2D eigenvalue weighted by Gasteiger charge is 2.39. The van der Waals surface area contributed by atoms with E-state index in [2.05, 4.69) is 10.6 Å². The summed E-state index contributed by atoms with van der Waals surface area (Å²) in [4.78, 5) is 35.6. The number of urea groups is 1. The van der Waals surface area contributed by atoms with Crippen molar-refractivity contribution in [2.24, 2.45) is 0 Å². The van der Waals surface area contributed by atoms with Crippen molar-refractivity contribution in [1.29, 1.82) is 0 Å². The van der Waals surface area contributed by atoms with E-state index in [0.717, 1.165) is 0 Å². The van der Waals surface area contributed by atoms with Crippen LogP contribution in [0.1, 0.15) is 6.92 Å². The molecule has 0 spiro atoms. The fourth-order valence-corrected chi connectivity index (χ4v) is 2.91. The Morgan fingerprint density at radius 3 is 2.70 bits per heavy atom. The average molecular weight is 305 g/mol. The molecule has 0 aliphatic carbocycles. The molecular weight excluding hydrogens is 286 g/mol. The maximum atomic E-state index is 11.9. The van der Waals surface area contributed by atoms with Gasteiger partial charge in [-0.3, -0.25) is 9.69 Å². The van der Waals surface area contributed by atoms with Gasteiger partial charge in [-0.15, -0.1) is 11.8 Å². The lowest BCUT2D eigenvalue weighted by Gasteiger charge is -2.25. The van der Waals surface area contributed by atoms with Gasteiger partial charge in [-0.1, -0.05) is 0 Å². The first-order valence-electron chi connectivity index (χ1n) is 6.13. The molecule has 0 radical (unpaired) electrons. The summed E-state index contributed by atoms with van der Waals surface area (Å²) in [6.45, 7) is 2.31. The van der Waals surface area contributed by atoms with Gasteiger partial charge in [-0.2, -0.15) is 0 Å². The standard InChI is InChI=1S/C11H19N3O5S/c1-7-14(8(6-20-7)10(16)17)11(18)13-5-9(15)12-3-4-19-2/h7-8H,3-6H2,1-2H3,(H,12,15)(H,13,18)(H,16,17). The van der Waals surface area contributed by atoms with Crippen molar-refractivity contribution < 1.29 is 24.2 Å². The maximum Gasteiger partial charge on any atom is 0.327 e. The van der Waals surface area contributed by atoms with Crippen molar-refractivity contribution in [3.8, 4) is 0 Å². The third kappa shape index (κ3) is 4.57. The number of nitrogens with zero attached hydrogens (tertiary/aromatic N) is 1. The van der Waals surface area contributed by atoms with Crippen molar-refractivity contribution in [1.82, 2.24) is 15.5 Å². The van der Waals surface area contributed by atoms with Crippen molar-refractivity contribution >= 4 is 29.7 Å². The lowest BCUT2D eigenvalue weighted by Crippen LogP contribution is -2.51. The second-order valence-corrected chi connectivity index (χ2v) is 5.54. The van der Waals surface area contributed by atoms with Crippen LogP contribution in [-0.2, 0) is 14.3 Å². The Bertz CT molecular complexity index is 379. The van der Waals surface area contributed by atoms with Gasteiger partial charge in [0.1, 0.15) is 6.04 Å². The lowest BCUT2D eigenvalue weighted by atomic mass is 10.3. The first kappa shape index (κ1) is 16.6. The van der Waals surface area contributed by atoms with Crippen molar-refractivity contribution in [2.75, 3.05) is 32.6 Å². The van der Waals surface area contributed by atoms with Gasteiger partial charge >= 0.3 is 12.0 Å². The number of amides is 3. The van der Waals surface area contributed by atoms with E-state index >= 15 is 0 Å². The van der Waals surface area contributed by atoms with Crippen LogP contribution in [0.5, 0.6) is 0 Å². The Balaban J connectivity index is 2.41. The molecule has 0 aromatic heterocycles. The molecule has 1 saturated heterocycles. The van der Waals surface area contributed by atoms with Crippen LogP contribution in [0.4, 0.5) is 4.79 Å². The number of carbonyl (C=O) groups is 3. The first-order valence-corrected chi connectivity index (χ1v) is 7.18. The van der Waals surface area contributed by atoms with Gasteiger partial charge in [0.2, 0.25) is 5.91 Å². The summed E-state index contributed by atoms with van der Waals surface area (Å²) in [6.07, 6.45) is 0. The molecular formula is C11H19N3O5S. The molecule has 3 amide bonds. The molecule has 1 rings (SSSR count). The number of aliphatic carboxylic acids is 1.